The lowest BCUT2D eigenvalue weighted by Crippen LogP contribution is -2.41. The van der Waals surface area contributed by atoms with Gasteiger partial charge in [0.05, 0.1) is 5.02 Å². The van der Waals surface area contributed by atoms with Crippen LogP contribution in [0.1, 0.15) is 39.0 Å². The first-order valence-corrected chi connectivity index (χ1v) is 8.65. The Morgan fingerprint density at radius 2 is 1.84 bits per heavy atom. The van der Waals surface area contributed by atoms with E-state index < -0.39 is 10.0 Å². The minimum atomic E-state index is -3.48. The van der Waals surface area contributed by atoms with Crippen molar-refractivity contribution in [3.05, 3.63) is 29.3 Å². The second-order valence-corrected chi connectivity index (χ2v) is 7.20. The topological polar surface area (TPSA) is 37.4 Å². The molecule has 2 rings (SSSR count). The predicted octanol–water partition coefficient (Wildman–Crippen LogP) is 3.68. The Morgan fingerprint density at radius 3 is 2.42 bits per heavy atom. The van der Waals surface area contributed by atoms with Crippen molar-refractivity contribution >= 4 is 21.6 Å². The number of benzene rings is 1. The molecule has 1 aliphatic carbocycles. The van der Waals surface area contributed by atoms with Crippen molar-refractivity contribution in [1.82, 2.24) is 4.31 Å². The highest BCUT2D eigenvalue weighted by Gasteiger charge is 2.32. The average molecular weight is 302 g/mol. The highest BCUT2D eigenvalue weighted by atomic mass is 35.5. The monoisotopic (exact) mass is 301 g/mol. The van der Waals surface area contributed by atoms with Gasteiger partial charge in [0.25, 0.3) is 0 Å². The van der Waals surface area contributed by atoms with E-state index in [-0.39, 0.29) is 10.9 Å². The van der Waals surface area contributed by atoms with Gasteiger partial charge in [0, 0.05) is 12.6 Å². The number of hydrogen-bond donors (Lipinski definition) is 0. The normalized spacial score (nSPS) is 17.8. The fraction of sp³-hybridized carbons (Fsp3) is 0.571. The molecule has 1 aliphatic rings. The van der Waals surface area contributed by atoms with Crippen LogP contribution < -0.4 is 0 Å². The zero-order chi connectivity index (χ0) is 13.9. The van der Waals surface area contributed by atoms with Crippen molar-refractivity contribution < 1.29 is 8.42 Å². The van der Waals surface area contributed by atoms with Gasteiger partial charge in [-0.05, 0) is 25.0 Å². The maximum absolute atomic E-state index is 12.7. The van der Waals surface area contributed by atoms with Crippen LogP contribution in [0.25, 0.3) is 0 Å². The molecule has 106 valence electrons. The second kappa shape index (κ2) is 6.25. The first-order chi connectivity index (χ1) is 9.07. The Hall–Kier alpha value is -0.580. The Balaban J connectivity index is 2.33. The summed E-state index contributed by atoms with van der Waals surface area (Å²) in [6, 6.07) is 6.80. The molecule has 1 saturated carbocycles. The molecule has 0 spiro atoms. The summed E-state index contributed by atoms with van der Waals surface area (Å²) in [5.74, 6) is 0. The zero-order valence-corrected chi connectivity index (χ0v) is 12.8. The van der Waals surface area contributed by atoms with Crippen LogP contribution >= 0.6 is 11.6 Å². The summed E-state index contributed by atoms with van der Waals surface area (Å²) in [6.45, 7) is 2.39. The third-order valence-electron chi connectivity index (χ3n) is 3.72. The van der Waals surface area contributed by atoms with Gasteiger partial charge in [0.1, 0.15) is 4.90 Å². The lowest BCUT2D eigenvalue weighted by atomic mass is 9.95. The SMILES string of the molecule is CCN(C1CCCCC1)S(=O)(=O)c1ccccc1Cl. The molecule has 0 heterocycles. The minimum Gasteiger partial charge on any atom is -0.207 e. The van der Waals surface area contributed by atoms with Crippen LogP contribution in [0.4, 0.5) is 0 Å². The first-order valence-electron chi connectivity index (χ1n) is 6.83. The summed E-state index contributed by atoms with van der Waals surface area (Å²) in [7, 11) is -3.48. The zero-order valence-electron chi connectivity index (χ0n) is 11.2. The number of halogens is 1. The van der Waals surface area contributed by atoms with Gasteiger partial charge >= 0.3 is 0 Å². The standard InChI is InChI=1S/C14H20ClNO2S/c1-2-16(12-8-4-3-5-9-12)19(17,18)14-11-7-6-10-13(14)15/h6-7,10-12H,2-5,8-9H2,1H3. The van der Waals surface area contributed by atoms with Gasteiger partial charge in [0.15, 0.2) is 0 Å². The van der Waals surface area contributed by atoms with Gasteiger partial charge in [-0.15, -0.1) is 0 Å². The molecule has 0 N–H and O–H groups in total. The molecule has 0 saturated heterocycles. The summed E-state index contributed by atoms with van der Waals surface area (Å²) < 4.78 is 27.1. The number of rotatable bonds is 4. The van der Waals surface area contributed by atoms with E-state index in [1.54, 1.807) is 28.6 Å². The van der Waals surface area contributed by atoms with E-state index >= 15 is 0 Å². The molecular weight excluding hydrogens is 282 g/mol. The van der Waals surface area contributed by atoms with E-state index in [1.165, 1.54) is 6.42 Å². The fourth-order valence-electron chi connectivity index (χ4n) is 2.77. The molecule has 0 amide bonds. The molecule has 5 heteroatoms. The largest absolute Gasteiger partial charge is 0.244 e. The van der Waals surface area contributed by atoms with Gasteiger partial charge in [-0.3, -0.25) is 0 Å². The average Bonchev–Trinajstić information content (AvgIpc) is 2.40. The molecule has 0 unspecified atom stereocenters. The van der Waals surface area contributed by atoms with Crippen molar-refractivity contribution in [3.8, 4) is 0 Å². The Bertz CT molecular complexity index is 524. The van der Waals surface area contributed by atoms with Gasteiger partial charge < -0.3 is 0 Å². The maximum atomic E-state index is 12.7. The highest BCUT2D eigenvalue weighted by Crippen LogP contribution is 2.30. The molecule has 0 atom stereocenters. The van der Waals surface area contributed by atoms with Gasteiger partial charge in [-0.1, -0.05) is 49.9 Å². The summed E-state index contributed by atoms with van der Waals surface area (Å²) in [5, 5.41) is 0.303. The van der Waals surface area contributed by atoms with Crippen LogP contribution in [-0.4, -0.2) is 25.3 Å². The van der Waals surface area contributed by atoms with E-state index in [2.05, 4.69) is 0 Å². The van der Waals surface area contributed by atoms with Crippen molar-refractivity contribution in [2.24, 2.45) is 0 Å². The summed E-state index contributed by atoms with van der Waals surface area (Å²) in [4.78, 5) is 0.226. The summed E-state index contributed by atoms with van der Waals surface area (Å²) in [5.41, 5.74) is 0. The molecule has 0 aliphatic heterocycles. The Morgan fingerprint density at radius 1 is 1.21 bits per heavy atom. The van der Waals surface area contributed by atoms with Crippen LogP contribution in [0, 0.1) is 0 Å². The maximum Gasteiger partial charge on any atom is 0.244 e. The molecule has 0 radical (unpaired) electrons. The molecule has 1 fully saturated rings. The molecule has 0 bridgehead atoms. The van der Waals surface area contributed by atoms with Crippen LogP contribution in [0.15, 0.2) is 29.2 Å². The number of sulfonamides is 1. The van der Waals surface area contributed by atoms with Gasteiger partial charge in [-0.2, -0.15) is 4.31 Å². The first kappa shape index (κ1) is 14.8. The van der Waals surface area contributed by atoms with Crippen LogP contribution in [0.2, 0.25) is 5.02 Å². The van der Waals surface area contributed by atoms with Crippen LogP contribution in [-0.2, 0) is 10.0 Å². The quantitative estimate of drug-likeness (QED) is 0.850. The van der Waals surface area contributed by atoms with E-state index in [0.29, 0.717) is 11.6 Å². The van der Waals surface area contributed by atoms with E-state index in [9.17, 15) is 8.42 Å². The molecule has 1 aromatic rings. The summed E-state index contributed by atoms with van der Waals surface area (Å²) in [6.07, 6.45) is 5.34. The second-order valence-electron chi connectivity index (χ2n) is 4.93. The molecule has 19 heavy (non-hydrogen) atoms. The van der Waals surface area contributed by atoms with Crippen molar-refractivity contribution in [2.45, 2.75) is 50.0 Å². The Labute approximate surface area is 120 Å². The lowest BCUT2D eigenvalue weighted by Gasteiger charge is -2.32. The molecule has 1 aromatic carbocycles. The number of hydrogen-bond acceptors (Lipinski definition) is 2. The van der Waals surface area contributed by atoms with Crippen LogP contribution in [0.5, 0.6) is 0 Å². The Kier molecular flexibility index (Phi) is 4.87. The molecular formula is C14H20ClNO2S. The van der Waals surface area contributed by atoms with Crippen molar-refractivity contribution in [3.63, 3.8) is 0 Å². The lowest BCUT2D eigenvalue weighted by molar-refractivity contribution is 0.261. The number of nitrogens with zero attached hydrogens (tertiary/aromatic N) is 1. The van der Waals surface area contributed by atoms with E-state index in [0.717, 1.165) is 25.7 Å². The predicted molar refractivity (Wildman–Crippen MR) is 77.9 cm³/mol. The molecule has 0 aromatic heterocycles. The van der Waals surface area contributed by atoms with Gasteiger partial charge in [-0.25, -0.2) is 8.42 Å². The van der Waals surface area contributed by atoms with Crippen LogP contribution in [0.3, 0.4) is 0 Å². The fourth-order valence-corrected chi connectivity index (χ4v) is 4.96. The van der Waals surface area contributed by atoms with Gasteiger partial charge in [0.2, 0.25) is 10.0 Å². The molecule has 3 nitrogen and oxygen atoms in total. The van der Waals surface area contributed by atoms with E-state index in [4.69, 9.17) is 11.6 Å². The summed E-state index contributed by atoms with van der Waals surface area (Å²) >= 11 is 6.04. The van der Waals surface area contributed by atoms with Crippen molar-refractivity contribution in [2.75, 3.05) is 6.54 Å². The third-order valence-corrected chi connectivity index (χ3v) is 6.24. The van der Waals surface area contributed by atoms with Crippen molar-refractivity contribution in [1.29, 1.82) is 0 Å². The third kappa shape index (κ3) is 3.12. The minimum absolute atomic E-state index is 0.125. The van der Waals surface area contributed by atoms with E-state index in [1.807, 2.05) is 6.92 Å². The smallest absolute Gasteiger partial charge is 0.207 e. The highest BCUT2D eigenvalue weighted by molar-refractivity contribution is 7.89.